The van der Waals surface area contributed by atoms with Crippen LogP contribution in [0.1, 0.15) is 11.1 Å². The SMILES string of the molecule is COc1ccc(Cn2nc(-c3nc4c(CN(C)C)cccc4[nH]3)c3cc(-c4cncc5ccccc45)ccc32)cc1. The number of imidazole rings is 1. The Morgan fingerprint density at radius 3 is 2.56 bits per heavy atom. The van der Waals surface area contributed by atoms with Crippen LogP contribution in [0.25, 0.3) is 55.4 Å². The molecule has 0 aliphatic carbocycles. The first-order valence-electron chi connectivity index (χ1n) is 13.7. The number of fused-ring (bicyclic) bond motifs is 3. The van der Waals surface area contributed by atoms with Crippen molar-refractivity contribution < 1.29 is 4.74 Å². The topological polar surface area (TPSA) is 71.9 Å². The first-order valence-corrected chi connectivity index (χ1v) is 13.7. The first kappa shape index (κ1) is 25.0. The molecule has 7 aromatic rings. The maximum Gasteiger partial charge on any atom is 0.159 e. The van der Waals surface area contributed by atoms with Gasteiger partial charge in [0.2, 0.25) is 0 Å². The molecule has 0 radical (unpaired) electrons. The van der Waals surface area contributed by atoms with E-state index >= 15 is 0 Å². The third kappa shape index (κ3) is 4.60. The molecule has 7 heteroatoms. The number of hydrogen-bond acceptors (Lipinski definition) is 5. The zero-order valence-electron chi connectivity index (χ0n) is 23.3. The molecule has 4 aromatic carbocycles. The van der Waals surface area contributed by atoms with Gasteiger partial charge in [0.25, 0.3) is 0 Å². The second-order valence-corrected chi connectivity index (χ2v) is 10.6. The number of H-pyrrole nitrogens is 1. The van der Waals surface area contributed by atoms with E-state index in [-0.39, 0.29) is 0 Å². The fraction of sp³-hybridized carbons (Fsp3) is 0.147. The fourth-order valence-corrected chi connectivity index (χ4v) is 5.56. The predicted octanol–water partition coefficient (Wildman–Crippen LogP) is 6.91. The highest BCUT2D eigenvalue weighted by atomic mass is 16.5. The number of pyridine rings is 1. The highest BCUT2D eigenvalue weighted by molar-refractivity contribution is 6.01. The molecule has 1 N–H and O–H groups in total. The molecule has 0 unspecified atom stereocenters. The van der Waals surface area contributed by atoms with Crippen LogP contribution in [0, 0.1) is 0 Å². The molecule has 0 aliphatic heterocycles. The Hall–Kier alpha value is -5.01. The van der Waals surface area contributed by atoms with Gasteiger partial charge in [0.05, 0.1) is 30.2 Å². The summed E-state index contributed by atoms with van der Waals surface area (Å²) < 4.78 is 7.42. The number of aromatic amines is 1. The molecule has 0 amide bonds. The first-order chi connectivity index (χ1) is 20.1. The van der Waals surface area contributed by atoms with Crippen LogP contribution in [0.5, 0.6) is 5.75 Å². The van der Waals surface area contributed by atoms with Crippen LogP contribution in [0.15, 0.2) is 97.3 Å². The number of rotatable bonds is 7. The number of nitrogens with one attached hydrogen (secondary N) is 1. The van der Waals surface area contributed by atoms with Crippen LogP contribution in [0.4, 0.5) is 0 Å². The van der Waals surface area contributed by atoms with E-state index in [0.29, 0.717) is 6.54 Å². The summed E-state index contributed by atoms with van der Waals surface area (Å²) in [5, 5.41) is 8.47. The molecule has 3 aromatic heterocycles. The molecule has 7 nitrogen and oxygen atoms in total. The minimum atomic E-state index is 0.627. The summed E-state index contributed by atoms with van der Waals surface area (Å²) in [6.07, 6.45) is 3.86. The highest BCUT2D eigenvalue weighted by Gasteiger charge is 2.19. The van der Waals surface area contributed by atoms with Gasteiger partial charge in [-0.05, 0) is 66.5 Å². The van der Waals surface area contributed by atoms with Crippen LogP contribution in [0.2, 0.25) is 0 Å². The van der Waals surface area contributed by atoms with Crippen LogP contribution >= 0.6 is 0 Å². The van der Waals surface area contributed by atoms with Crippen molar-refractivity contribution in [3.8, 4) is 28.4 Å². The molecule has 3 heterocycles. The molecule has 0 saturated heterocycles. The average molecular weight is 539 g/mol. The number of ether oxygens (including phenoxy) is 1. The summed E-state index contributed by atoms with van der Waals surface area (Å²) in [6.45, 7) is 1.44. The van der Waals surface area contributed by atoms with E-state index in [4.69, 9.17) is 14.8 Å². The minimum absolute atomic E-state index is 0.627. The summed E-state index contributed by atoms with van der Waals surface area (Å²) >= 11 is 0. The third-order valence-electron chi connectivity index (χ3n) is 7.53. The molecule has 0 bridgehead atoms. The van der Waals surface area contributed by atoms with Gasteiger partial charge in [-0.15, -0.1) is 0 Å². The Kier molecular flexibility index (Phi) is 6.21. The minimum Gasteiger partial charge on any atom is -0.497 e. The summed E-state index contributed by atoms with van der Waals surface area (Å²) in [4.78, 5) is 15.4. The van der Waals surface area contributed by atoms with E-state index in [2.05, 4.69) is 100 Å². The second-order valence-electron chi connectivity index (χ2n) is 10.6. The Labute approximate surface area is 238 Å². The van der Waals surface area contributed by atoms with Gasteiger partial charge in [0, 0.05) is 35.3 Å². The van der Waals surface area contributed by atoms with Crippen molar-refractivity contribution in [2.45, 2.75) is 13.1 Å². The lowest BCUT2D eigenvalue weighted by molar-refractivity contribution is 0.404. The van der Waals surface area contributed by atoms with Crippen LogP contribution in [-0.2, 0) is 13.1 Å². The number of hydrogen-bond donors (Lipinski definition) is 1. The zero-order valence-corrected chi connectivity index (χ0v) is 23.3. The molecular formula is C34H30N6O. The van der Waals surface area contributed by atoms with Crippen LogP contribution in [-0.4, -0.2) is 50.8 Å². The van der Waals surface area contributed by atoms with E-state index in [9.17, 15) is 0 Å². The quantitative estimate of drug-likeness (QED) is 0.239. The molecule has 0 atom stereocenters. The van der Waals surface area contributed by atoms with E-state index in [1.807, 2.05) is 30.6 Å². The maximum atomic E-state index is 5.36. The van der Waals surface area contributed by atoms with E-state index in [1.54, 1.807) is 7.11 Å². The molecule has 0 spiro atoms. The van der Waals surface area contributed by atoms with Crippen molar-refractivity contribution in [3.63, 3.8) is 0 Å². The van der Waals surface area contributed by atoms with Gasteiger partial charge in [-0.2, -0.15) is 5.10 Å². The standard InChI is InChI=1S/C34H30N6O/c1-39(2)21-25-8-6-10-30-32(25)37-34(36-30)33-28-17-23(29-19-35-18-24-7-4-5-9-27(24)29)13-16-31(28)40(38-33)20-22-11-14-26(41-3)15-12-22/h4-19H,20-21H2,1-3H3,(H,36,37). The van der Waals surface area contributed by atoms with Crippen molar-refractivity contribution in [3.05, 3.63) is 108 Å². The van der Waals surface area contributed by atoms with E-state index < -0.39 is 0 Å². The molecule has 7 rings (SSSR count). The van der Waals surface area contributed by atoms with Crippen LogP contribution in [0.3, 0.4) is 0 Å². The highest BCUT2D eigenvalue weighted by Crippen LogP contribution is 2.35. The van der Waals surface area contributed by atoms with E-state index in [1.165, 1.54) is 10.9 Å². The van der Waals surface area contributed by atoms with E-state index in [0.717, 1.165) is 67.8 Å². The summed E-state index contributed by atoms with van der Waals surface area (Å²) in [5.74, 6) is 1.60. The lowest BCUT2D eigenvalue weighted by Gasteiger charge is -2.09. The lowest BCUT2D eigenvalue weighted by Crippen LogP contribution is -2.10. The van der Waals surface area contributed by atoms with Gasteiger partial charge in [-0.25, -0.2) is 4.98 Å². The van der Waals surface area contributed by atoms with Crippen LogP contribution < -0.4 is 4.74 Å². The Morgan fingerprint density at radius 1 is 0.878 bits per heavy atom. The number of para-hydroxylation sites is 1. The zero-order chi connectivity index (χ0) is 27.9. The third-order valence-corrected chi connectivity index (χ3v) is 7.53. The molecule has 0 saturated carbocycles. The van der Waals surface area contributed by atoms with Gasteiger partial charge in [0.15, 0.2) is 5.82 Å². The number of methoxy groups -OCH3 is 1. The average Bonchev–Trinajstić information content (AvgIpc) is 3.59. The number of benzene rings is 4. The predicted molar refractivity (Wildman–Crippen MR) is 165 cm³/mol. The van der Waals surface area contributed by atoms with Crippen molar-refractivity contribution in [2.24, 2.45) is 0 Å². The smallest absolute Gasteiger partial charge is 0.159 e. The Balaban J connectivity index is 1.41. The fourth-order valence-electron chi connectivity index (χ4n) is 5.56. The molecule has 202 valence electrons. The van der Waals surface area contributed by atoms with Gasteiger partial charge >= 0.3 is 0 Å². The van der Waals surface area contributed by atoms with Crippen molar-refractivity contribution in [2.75, 3.05) is 21.2 Å². The van der Waals surface area contributed by atoms with Crippen molar-refractivity contribution in [1.29, 1.82) is 0 Å². The number of aromatic nitrogens is 5. The monoisotopic (exact) mass is 538 g/mol. The molecule has 0 fully saturated rings. The van der Waals surface area contributed by atoms with Gasteiger partial charge in [-0.1, -0.05) is 54.6 Å². The number of nitrogens with zero attached hydrogens (tertiary/aromatic N) is 5. The second kappa shape index (κ2) is 10.2. The van der Waals surface area contributed by atoms with Gasteiger partial charge in [0.1, 0.15) is 11.4 Å². The van der Waals surface area contributed by atoms with Gasteiger partial charge < -0.3 is 14.6 Å². The summed E-state index contributed by atoms with van der Waals surface area (Å²) in [6, 6.07) is 29.3. The van der Waals surface area contributed by atoms with Crippen molar-refractivity contribution in [1.82, 2.24) is 29.6 Å². The molecule has 41 heavy (non-hydrogen) atoms. The normalized spacial score (nSPS) is 11.7. The Morgan fingerprint density at radius 2 is 1.73 bits per heavy atom. The lowest BCUT2D eigenvalue weighted by atomic mass is 9.99. The summed E-state index contributed by atoms with van der Waals surface area (Å²) in [5.41, 5.74) is 8.36. The molecular weight excluding hydrogens is 508 g/mol. The van der Waals surface area contributed by atoms with Gasteiger partial charge in [-0.3, -0.25) is 9.67 Å². The summed E-state index contributed by atoms with van der Waals surface area (Å²) in [7, 11) is 5.83. The Bertz CT molecular complexity index is 2010. The largest absolute Gasteiger partial charge is 0.497 e. The molecule has 0 aliphatic rings. The maximum absolute atomic E-state index is 5.36. The van der Waals surface area contributed by atoms with Crippen molar-refractivity contribution >= 4 is 32.7 Å².